The molecule has 0 amide bonds. The van der Waals surface area contributed by atoms with Crippen molar-refractivity contribution in [2.24, 2.45) is 0 Å². The molecule has 106 valence electrons. The largest absolute Gasteiger partial charge is 0.135 e. The average molecular weight is 448 g/mol. The minimum absolute atomic E-state index is 1.14. The summed E-state index contributed by atoms with van der Waals surface area (Å²) in [7, 11) is 0. The molecule has 5 aromatic rings. The van der Waals surface area contributed by atoms with Gasteiger partial charge in [-0.05, 0) is 48.5 Å². The third-order valence-electron chi connectivity index (χ3n) is 3.99. The van der Waals surface area contributed by atoms with E-state index in [1.165, 1.54) is 40.3 Å². The summed E-state index contributed by atoms with van der Waals surface area (Å²) in [5.41, 5.74) is 0. The zero-order chi connectivity index (χ0) is 14.8. The number of hydrogen-bond donors (Lipinski definition) is 0. The van der Waals surface area contributed by atoms with E-state index in [0.29, 0.717) is 0 Å². The van der Waals surface area contributed by atoms with Crippen LogP contribution in [0, 0.1) is 0 Å². The molecule has 0 unspecified atom stereocenters. The van der Waals surface area contributed by atoms with E-state index < -0.39 is 0 Å². The van der Waals surface area contributed by atoms with Crippen LogP contribution in [0.2, 0.25) is 0 Å². The summed E-state index contributed by atoms with van der Waals surface area (Å²) in [5, 5.41) is 5.41. The van der Waals surface area contributed by atoms with Crippen LogP contribution in [-0.2, 0) is 0 Å². The second-order valence-electron chi connectivity index (χ2n) is 5.33. The normalized spacial score (nSPS) is 12.1. The first-order chi connectivity index (χ1) is 10.7. The van der Waals surface area contributed by atoms with Crippen LogP contribution in [0.15, 0.2) is 57.5 Å². The van der Waals surface area contributed by atoms with Crippen LogP contribution in [-0.4, -0.2) is 0 Å². The van der Waals surface area contributed by atoms with Crippen molar-refractivity contribution in [3.8, 4) is 0 Å². The molecule has 2 aromatic heterocycles. The average Bonchev–Trinajstić information content (AvgIpc) is 3.02. The zero-order valence-electron chi connectivity index (χ0n) is 11.2. The van der Waals surface area contributed by atoms with E-state index in [4.69, 9.17) is 0 Å². The lowest BCUT2D eigenvalue weighted by Crippen LogP contribution is -1.69. The molecule has 0 bridgehead atoms. The third-order valence-corrected chi connectivity index (χ3v) is 7.24. The number of benzene rings is 3. The highest BCUT2D eigenvalue weighted by Crippen LogP contribution is 2.42. The van der Waals surface area contributed by atoms with Crippen LogP contribution < -0.4 is 0 Å². The van der Waals surface area contributed by atoms with Gasteiger partial charge in [0.05, 0.1) is 0 Å². The predicted octanol–water partition coefficient (Wildman–Crippen LogP) is 7.95. The molecule has 0 aliphatic heterocycles. The van der Waals surface area contributed by atoms with Crippen LogP contribution in [0.5, 0.6) is 0 Å². The summed E-state index contributed by atoms with van der Waals surface area (Å²) in [6, 6.07) is 17.8. The van der Waals surface area contributed by atoms with Crippen molar-refractivity contribution in [1.82, 2.24) is 0 Å². The van der Waals surface area contributed by atoms with E-state index >= 15 is 0 Å². The van der Waals surface area contributed by atoms with Crippen molar-refractivity contribution in [3.63, 3.8) is 0 Å². The molecule has 5 rings (SSSR count). The molecule has 0 aliphatic carbocycles. The number of halogens is 2. The quantitative estimate of drug-likeness (QED) is 0.226. The monoisotopic (exact) mass is 446 g/mol. The Kier molecular flexibility index (Phi) is 2.93. The molecule has 2 heterocycles. The number of hydrogen-bond acceptors (Lipinski definition) is 2. The smallest absolute Gasteiger partial charge is 0.0362 e. The molecule has 0 fully saturated rings. The maximum Gasteiger partial charge on any atom is 0.0362 e. The van der Waals surface area contributed by atoms with E-state index in [0.717, 1.165) is 8.95 Å². The van der Waals surface area contributed by atoms with Crippen LogP contribution >= 0.6 is 54.5 Å². The Morgan fingerprint density at radius 1 is 0.500 bits per heavy atom. The topological polar surface area (TPSA) is 0 Å². The molecule has 0 N–H and O–H groups in total. The van der Waals surface area contributed by atoms with Crippen molar-refractivity contribution in [3.05, 3.63) is 57.5 Å². The Morgan fingerprint density at radius 2 is 0.909 bits per heavy atom. The maximum absolute atomic E-state index is 3.59. The lowest BCUT2D eigenvalue weighted by molar-refractivity contribution is 1.77. The van der Waals surface area contributed by atoms with Gasteiger partial charge >= 0.3 is 0 Å². The van der Waals surface area contributed by atoms with E-state index in [1.807, 2.05) is 22.7 Å². The molecule has 0 spiro atoms. The molecule has 4 heteroatoms. The standard InChI is InChI=1S/C18H8Br2S2/c19-9-1-3-15-11(5-9)13-7-18-14(8-17(13)21-15)12-6-10(20)2-4-16(12)22-18/h1-8H. The number of thiophene rings is 2. The van der Waals surface area contributed by atoms with Gasteiger partial charge in [-0.1, -0.05) is 31.9 Å². The second kappa shape index (κ2) is 4.78. The van der Waals surface area contributed by atoms with Crippen molar-refractivity contribution < 1.29 is 0 Å². The number of rotatable bonds is 0. The molecular weight excluding hydrogens is 440 g/mol. The molecule has 0 saturated heterocycles. The molecule has 0 atom stereocenters. The lowest BCUT2D eigenvalue weighted by atomic mass is 10.1. The Bertz CT molecular complexity index is 1100. The molecular formula is C18H8Br2S2. The fourth-order valence-electron chi connectivity index (χ4n) is 2.99. The second-order valence-corrected chi connectivity index (χ2v) is 9.33. The van der Waals surface area contributed by atoms with Crippen LogP contribution in [0.25, 0.3) is 40.3 Å². The highest BCUT2D eigenvalue weighted by Gasteiger charge is 2.11. The SMILES string of the molecule is Brc1ccc2sc3cc4c(cc3c2c1)sc1ccc(Br)cc14. The first-order valence-electron chi connectivity index (χ1n) is 6.83. The fourth-order valence-corrected chi connectivity index (χ4v) is 5.93. The van der Waals surface area contributed by atoms with Gasteiger partial charge in [-0.2, -0.15) is 0 Å². The van der Waals surface area contributed by atoms with Gasteiger partial charge in [-0.15, -0.1) is 22.7 Å². The van der Waals surface area contributed by atoms with Gasteiger partial charge in [0.2, 0.25) is 0 Å². The van der Waals surface area contributed by atoms with Crippen LogP contribution in [0.1, 0.15) is 0 Å². The molecule has 22 heavy (non-hydrogen) atoms. The molecule has 0 nitrogen and oxygen atoms in total. The van der Waals surface area contributed by atoms with Gasteiger partial charge in [-0.3, -0.25) is 0 Å². The van der Waals surface area contributed by atoms with Gasteiger partial charge < -0.3 is 0 Å². The van der Waals surface area contributed by atoms with E-state index in [2.05, 4.69) is 80.4 Å². The third kappa shape index (κ3) is 1.91. The highest BCUT2D eigenvalue weighted by atomic mass is 79.9. The first kappa shape index (κ1) is 13.5. The zero-order valence-corrected chi connectivity index (χ0v) is 16.0. The minimum atomic E-state index is 1.14. The predicted molar refractivity (Wildman–Crippen MR) is 108 cm³/mol. The van der Waals surface area contributed by atoms with E-state index in [9.17, 15) is 0 Å². The molecule has 3 aromatic carbocycles. The van der Waals surface area contributed by atoms with Crippen LogP contribution in [0.3, 0.4) is 0 Å². The van der Waals surface area contributed by atoms with Crippen molar-refractivity contribution in [2.75, 3.05) is 0 Å². The van der Waals surface area contributed by atoms with Gasteiger partial charge in [0.15, 0.2) is 0 Å². The maximum atomic E-state index is 3.59. The number of fused-ring (bicyclic) bond motifs is 6. The van der Waals surface area contributed by atoms with Crippen molar-refractivity contribution in [1.29, 1.82) is 0 Å². The highest BCUT2D eigenvalue weighted by molar-refractivity contribution is 9.10. The van der Waals surface area contributed by atoms with Gasteiger partial charge in [0, 0.05) is 49.3 Å². The van der Waals surface area contributed by atoms with Gasteiger partial charge in [0.25, 0.3) is 0 Å². The Labute approximate surface area is 151 Å². The Hall–Kier alpha value is -0.940. The van der Waals surface area contributed by atoms with Gasteiger partial charge in [-0.25, -0.2) is 0 Å². The summed E-state index contributed by atoms with van der Waals surface area (Å²) in [6.45, 7) is 0. The van der Waals surface area contributed by atoms with Gasteiger partial charge in [0.1, 0.15) is 0 Å². The first-order valence-corrected chi connectivity index (χ1v) is 10.0. The Morgan fingerprint density at radius 3 is 1.36 bits per heavy atom. The summed E-state index contributed by atoms with van der Waals surface area (Å²) in [4.78, 5) is 0. The molecule has 0 radical (unpaired) electrons. The Balaban J connectivity index is 1.99. The molecule has 0 saturated carbocycles. The summed E-state index contributed by atoms with van der Waals surface area (Å²) < 4.78 is 7.70. The van der Waals surface area contributed by atoms with Crippen molar-refractivity contribution >= 4 is 94.9 Å². The van der Waals surface area contributed by atoms with Crippen LogP contribution in [0.4, 0.5) is 0 Å². The van der Waals surface area contributed by atoms with E-state index in [1.54, 1.807) is 0 Å². The van der Waals surface area contributed by atoms with Crippen molar-refractivity contribution in [2.45, 2.75) is 0 Å². The fraction of sp³-hybridized carbons (Fsp3) is 0. The lowest BCUT2D eigenvalue weighted by Gasteiger charge is -1.95. The van der Waals surface area contributed by atoms with E-state index in [-0.39, 0.29) is 0 Å². The summed E-state index contributed by atoms with van der Waals surface area (Å²) >= 11 is 10.9. The summed E-state index contributed by atoms with van der Waals surface area (Å²) in [6.07, 6.45) is 0. The summed E-state index contributed by atoms with van der Waals surface area (Å²) in [5.74, 6) is 0. The molecule has 0 aliphatic rings. The minimum Gasteiger partial charge on any atom is -0.135 e.